The second-order valence-electron chi connectivity index (χ2n) is 5.74. The molecule has 0 bridgehead atoms. The van der Waals surface area contributed by atoms with E-state index in [9.17, 15) is 27.2 Å². The monoisotopic (exact) mass is 379 g/mol. The van der Waals surface area contributed by atoms with Gasteiger partial charge in [-0.2, -0.15) is 13.2 Å². The number of carbonyl (C=O) groups is 1. The molecular formula is C18H13F4N3O2. The molecule has 0 aliphatic rings. The van der Waals surface area contributed by atoms with E-state index < -0.39 is 35.7 Å². The van der Waals surface area contributed by atoms with E-state index in [-0.39, 0.29) is 17.6 Å². The Morgan fingerprint density at radius 2 is 1.74 bits per heavy atom. The summed E-state index contributed by atoms with van der Waals surface area (Å²) < 4.78 is 52.9. The second-order valence-corrected chi connectivity index (χ2v) is 5.74. The molecule has 0 spiro atoms. The van der Waals surface area contributed by atoms with Gasteiger partial charge in [0.25, 0.3) is 5.56 Å². The summed E-state index contributed by atoms with van der Waals surface area (Å²) in [5.41, 5.74) is -2.29. The van der Waals surface area contributed by atoms with Crippen molar-refractivity contribution in [2.75, 3.05) is 0 Å². The topological polar surface area (TPSA) is 64.0 Å². The van der Waals surface area contributed by atoms with E-state index in [1.54, 1.807) is 0 Å². The van der Waals surface area contributed by atoms with Crippen LogP contribution in [0.15, 0.2) is 53.3 Å². The summed E-state index contributed by atoms with van der Waals surface area (Å²) in [4.78, 5) is 27.8. The van der Waals surface area contributed by atoms with Crippen molar-refractivity contribution in [1.29, 1.82) is 0 Å². The van der Waals surface area contributed by atoms with Crippen LogP contribution in [0.1, 0.15) is 11.3 Å². The molecule has 0 unspecified atom stereocenters. The fourth-order valence-electron chi connectivity index (χ4n) is 2.54. The van der Waals surface area contributed by atoms with Crippen molar-refractivity contribution in [2.45, 2.75) is 19.3 Å². The minimum atomic E-state index is -4.94. The number of amides is 1. The molecule has 0 saturated carbocycles. The zero-order valence-electron chi connectivity index (χ0n) is 13.8. The summed E-state index contributed by atoms with van der Waals surface area (Å²) in [5, 5.41) is 2.49. The Kier molecular flexibility index (Phi) is 4.93. The summed E-state index contributed by atoms with van der Waals surface area (Å²) in [5.74, 6) is -1.09. The number of benzene rings is 2. The maximum Gasteiger partial charge on any atom is 0.438 e. The molecule has 1 aromatic heterocycles. The highest BCUT2D eigenvalue weighted by Gasteiger charge is 2.37. The van der Waals surface area contributed by atoms with E-state index in [1.807, 2.05) is 0 Å². The smallest absolute Gasteiger partial charge is 0.350 e. The van der Waals surface area contributed by atoms with Crippen molar-refractivity contribution in [2.24, 2.45) is 0 Å². The van der Waals surface area contributed by atoms with Gasteiger partial charge in [0.15, 0.2) is 0 Å². The number of nitrogens with zero attached hydrogens (tertiary/aromatic N) is 2. The lowest BCUT2D eigenvalue weighted by molar-refractivity contribution is -0.142. The van der Waals surface area contributed by atoms with Crippen LogP contribution >= 0.6 is 0 Å². The number of para-hydroxylation sites is 2. The van der Waals surface area contributed by atoms with E-state index in [0.29, 0.717) is 5.56 Å². The van der Waals surface area contributed by atoms with Crippen LogP contribution in [-0.4, -0.2) is 15.5 Å². The quantitative estimate of drug-likeness (QED) is 0.709. The number of aromatic nitrogens is 2. The van der Waals surface area contributed by atoms with Crippen molar-refractivity contribution < 1.29 is 22.4 Å². The van der Waals surface area contributed by atoms with Crippen molar-refractivity contribution >= 4 is 16.9 Å². The number of nitrogens with one attached hydrogen (secondary N) is 1. The molecule has 2 aromatic carbocycles. The molecule has 27 heavy (non-hydrogen) atoms. The first kappa shape index (κ1) is 18.6. The molecule has 3 aromatic rings. The first-order chi connectivity index (χ1) is 12.8. The van der Waals surface area contributed by atoms with Crippen LogP contribution < -0.4 is 10.9 Å². The van der Waals surface area contributed by atoms with Crippen LogP contribution in [0.4, 0.5) is 17.6 Å². The molecular weight excluding hydrogens is 366 g/mol. The Hall–Kier alpha value is -3.23. The largest absolute Gasteiger partial charge is 0.438 e. The summed E-state index contributed by atoms with van der Waals surface area (Å²) in [6, 6.07) is 11.1. The standard InChI is InChI=1S/C18H13F4N3O2/c19-12-7-5-11(6-8-12)9-23-15(26)10-25-14-4-2-1-3-13(14)24-16(17(25)27)18(20,21)22/h1-8H,9-10H2,(H,23,26). The number of alkyl halides is 3. The third kappa shape index (κ3) is 4.13. The molecule has 0 fully saturated rings. The number of fused-ring (bicyclic) bond motifs is 1. The minimum absolute atomic E-state index is 0.0447. The van der Waals surface area contributed by atoms with Crippen LogP contribution in [0.2, 0.25) is 0 Å². The van der Waals surface area contributed by atoms with Crippen LogP contribution in [0.3, 0.4) is 0 Å². The lowest BCUT2D eigenvalue weighted by Crippen LogP contribution is -2.36. The van der Waals surface area contributed by atoms with Gasteiger partial charge in [-0.15, -0.1) is 0 Å². The molecule has 5 nitrogen and oxygen atoms in total. The van der Waals surface area contributed by atoms with Crippen LogP contribution in [0.25, 0.3) is 11.0 Å². The predicted octanol–water partition coefficient (Wildman–Crippen LogP) is 2.87. The number of rotatable bonds is 4. The average molecular weight is 379 g/mol. The summed E-state index contributed by atoms with van der Waals surface area (Å²) >= 11 is 0. The highest BCUT2D eigenvalue weighted by molar-refractivity contribution is 5.80. The molecule has 140 valence electrons. The van der Waals surface area contributed by atoms with Gasteiger partial charge in [-0.25, -0.2) is 9.37 Å². The van der Waals surface area contributed by atoms with E-state index in [1.165, 1.54) is 48.5 Å². The van der Waals surface area contributed by atoms with E-state index >= 15 is 0 Å². The highest BCUT2D eigenvalue weighted by Crippen LogP contribution is 2.26. The molecule has 9 heteroatoms. The van der Waals surface area contributed by atoms with Crippen molar-refractivity contribution in [3.63, 3.8) is 0 Å². The Morgan fingerprint density at radius 1 is 1.07 bits per heavy atom. The summed E-state index contributed by atoms with van der Waals surface area (Å²) in [7, 11) is 0. The fraction of sp³-hybridized carbons (Fsp3) is 0.167. The molecule has 1 amide bonds. The highest BCUT2D eigenvalue weighted by atomic mass is 19.4. The van der Waals surface area contributed by atoms with Gasteiger partial charge in [0.2, 0.25) is 11.6 Å². The van der Waals surface area contributed by atoms with Crippen LogP contribution in [0.5, 0.6) is 0 Å². The van der Waals surface area contributed by atoms with Gasteiger partial charge in [0.05, 0.1) is 11.0 Å². The number of hydrogen-bond donors (Lipinski definition) is 1. The molecule has 1 heterocycles. The molecule has 0 aliphatic carbocycles. The lowest BCUT2D eigenvalue weighted by Gasteiger charge is -2.13. The molecule has 0 radical (unpaired) electrons. The number of hydrogen-bond acceptors (Lipinski definition) is 3. The Morgan fingerprint density at radius 3 is 2.41 bits per heavy atom. The third-order valence-corrected chi connectivity index (χ3v) is 3.83. The van der Waals surface area contributed by atoms with Gasteiger partial charge >= 0.3 is 6.18 Å². The molecule has 0 saturated heterocycles. The van der Waals surface area contributed by atoms with Gasteiger partial charge < -0.3 is 5.32 Å². The van der Waals surface area contributed by atoms with Crippen molar-refractivity contribution in [3.8, 4) is 0 Å². The van der Waals surface area contributed by atoms with E-state index in [4.69, 9.17) is 0 Å². The van der Waals surface area contributed by atoms with E-state index in [0.717, 1.165) is 4.57 Å². The molecule has 1 N–H and O–H groups in total. The van der Waals surface area contributed by atoms with Gasteiger partial charge in [0.1, 0.15) is 12.4 Å². The van der Waals surface area contributed by atoms with Crippen molar-refractivity contribution in [3.05, 3.63) is 76.0 Å². The lowest BCUT2D eigenvalue weighted by atomic mass is 10.2. The van der Waals surface area contributed by atoms with Gasteiger partial charge in [-0.3, -0.25) is 14.2 Å². The molecule has 0 aliphatic heterocycles. The number of halogens is 4. The summed E-state index contributed by atoms with van der Waals surface area (Å²) in [6.45, 7) is -0.560. The Labute approximate surface area is 150 Å². The van der Waals surface area contributed by atoms with Gasteiger partial charge in [0, 0.05) is 6.54 Å². The SMILES string of the molecule is O=C(Cn1c(=O)c(C(F)(F)F)nc2ccccc21)NCc1ccc(F)cc1. The maximum atomic E-state index is 13.1. The third-order valence-electron chi connectivity index (χ3n) is 3.83. The van der Waals surface area contributed by atoms with Crippen LogP contribution in [-0.2, 0) is 24.1 Å². The molecule has 0 atom stereocenters. The zero-order valence-corrected chi connectivity index (χ0v) is 13.8. The zero-order chi connectivity index (χ0) is 19.6. The Bertz CT molecular complexity index is 1040. The predicted molar refractivity (Wildman–Crippen MR) is 89.3 cm³/mol. The van der Waals surface area contributed by atoms with Gasteiger partial charge in [-0.1, -0.05) is 24.3 Å². The maximum absolute atomic E-state index is 13.1. The first-order valence-corrected chi connectivity index (χ1v) is 7.83. The van der Waals surface area contributed by atoms with Crippen LogP contribution in [0, 0.1) is 5.82 Å². The van der Waals surface area contributed by atoms with Crippen molar-refractivity contribution in [1.82, 2.24) is 14.9 Å². The van der Waals surface area contributed by atoms with Gasteiger partial charge in [-0.05, 0) is 29.8 Å². The number of carbonyl (C=O) groups excluding carboxylic acids is 1. The summed E-state index contributed by atoms with van der Waals surface area (Å²) in [6.07, 6.45) is -4.94. The fourth-order valence-corrected chi connectivity index (χ4v) is 2.54. The van der Waals surface area contributed by atoms with E-state index in [2.05, 4.69) is 10.3 Å². The molecule has 3 rings (SSSR count). The normalized spacial score (nSPS) is 11.6. The first-order valence-electron chi connectivity index (χ1n) is 7.83. The average Bonchev–Trinajstić information content (AvgIpc) is 2.62. The Balaban J connectivity index is 1.89. The minimum Gasteiger partial charge on any atom is -0.350 e. The second kappa shape index (κ2) is 7.18.